The van der Waals surface area contributed by atoms with Crippen LogP contribution in [0, 0.1) is 0 Å². The fourth-order valence-electron chi connectivity index (χ4n) is 1.76. The Balaban J connectivity index is 1.80. The van der Waals surface area contributed by atoms with Gasteiger partial charge >= 0.3 is 12.3 Å². The van der Waals surface area contributed by atoms with Crippen LogP contribution in [0.2, 0.25) is 0 Å². The monoisotopic (exact) mass is 380 g/mol. The number of carbonyl (C=O) groups excluding carboxylic acids is 1. The molecule has 11 heteroatoms. The van der Waals surface area contributed by atoms with E-state index in [4.69, 9.17) is 0 Å². The second kappa shape index (κ2) is 8.38. The first-order valence-corrected chi connectivity index (χ1v) is 8.84. The SMILES string of the molecule is CCn1c(SCCNC(=O)OCC(F)(F)F)nnc1-c1cccs1. The van der Waals surface area contributed by atoms with E-state index in [1.165, 1.54) is 11.8 Å². The van der Waals surface area contributed by atoms with Crippen LogP contribution >= 0.6 is 23.1 Å². The molecule has 0 aliphatic heterocycles. The van der Waals surface area contributed by atoms with E-state index in [9.17, 15) is 18.0 Å². The van der Waals surface area contributed by atoms with E-state index in [1.807, 2.05) is 29.0 Å². The number of nitrogens with zero attached hydrogens (tertiary/aromatic N) is 3. The summed E-state index contributed by atoms with van der Waals surface area (Å²) in [6, 6.07) is 3.88. The van der Waals surface area contributed by atoms with Crippen molar-refractivity contribution in [3.05, 3.63) is 17.5 Å². The predicted molar refractivity (Wildman–Crippen MR) is 85.1 cm³/mol. The third-order valence-electron chi connectivity index (χ3n) is 2.74. The second-order valence-electron chi connectivity index (χ2n) is 4.49. The highest BCUT2D eigenvalue weighted by Crippen LogP contribution is 2.26. The van der Waals surface area contributed by atoms with Gasteiger partial charge in [0, 0.05) is 18.8 Å². The molecular formula is C13H15F3N4O2S2. The van der Waals surface area contributed by atoms with Crippen molar-refractivity contribution in [1.82, 2.24) is 20.1 Å². The van der Waals surface area contributed by atoms with Gasteiger partial charge in [0.05, 0.1) is 4.88 Å². The molecule has 2 aromatic rings. The van der Waals surface area contributed by atoms with Gasteiger partial charge in [0.2, 0.25) is 0 Å². The van der Waals surface area contributed by atoms with Crippen LogP contribution in [0.1, 0.15) is 6.92 Å². The maximum Gasteiger partial charge on any atom is 0.422 e. The summed E-state index contributed by atoms with van der Waals surface area (Å²) < 4.78 is 41.7. The molecule has 0 saturated heterocycles. The Labute approximate surface area is 144 Å². The highest BCUT2D eigenvalue weighted by molar-refractivity contribution is 7.99. The summed E-state index contributed by atoms with van der Waals surface area (Å²) >= 11 is 2.92. The molecule has 0 saturated carbocycles. The van der Waals surface area contributed by atoms with E-state index < -0.39 is 18.9 Å². The summed E-state index contributed by atoms with van der Waals surface area (Å²) in [6.45, 7) is 1.22. The summed E-state index contributed by atoms with van der Waals surface area (Å²) in [7, 11) is 0. The molecule has 0 radical (unpaired) electrons. The Morgan fingerprint density at radius 3 is 2.88 bits per heavy atom. The largest absolute Gasteiger partial charge is 0.440 e. The van der Waals surface area contributed by atoms with Crippen molar-refractivity contribution in [2.75, 3.05) is 18.9 Å². The van der Waals surface area contributed by atoms with Crippen molar-refractivity contribution in [1.29, 1.82) is 0 Å². The minimum Gasteiger partial charge on any atom is -0.440 e. The molecule has 0 fully saturated rings. The lowest BCUT2D eigenvalue weighted by Crippen LogP contribution is -2.30. The lowest BCUT2D eigenvalue weighted by molar-refractivity contribution is -0.160. The van der Waals surface area contributed by atoms with E-state index in [0.717, 1.165) is 10.7 Å². The van der Waals surface area contributed by atoms with E-state index in [1.54, 1.807) is 11.3 Å². The molecule has 0 atom stereocenters. The van der Waals surface area contributed by atoms with Crippen molar-refractivity contribution in [3.8, 4) is 10.7 Å². The number of amides is 1. The first-order valence-electron chi connectivity index (χ1n) is 6.98. The van der Waals surface area contributed by atoms with Crippen LogP contribution in [-0.2, 0) is 11.3 Å². The number of halogens is 3. The molecule has 2 heterocycles. The average molecular weight is 380 g/mol. The number of thioether (sulfide) groups is 1. The number of thiophene rings is 1. The molecule has 6 nitrogen and oxygen atoms in total. The van der Waals surface area contributed by atoms with Gasteiger partial charge in [-0.3, -0.25) is 0 Å². The molecule has 1 amide bonds. The first-order chi connectivity index (χ1) is 11.4. The lowest BCUT2D eigenvalue weighted by atomic mass is 10.4. The number of hydrogen-bond donors (Lipinski definition) is 1. The minimum atomic E-state index is -4.53. The van der Waals surface area contributed by atoms with Crippen LogP contribution in [0.4, 0.5) is 18.0 Å². The van der Waals surface area contributed by atoms with Crippen LogP contribution in [0.15, 0.2) is 22.7 Å². The van der Waals surface area contributed by atoms with E-state index >= 15 is 0 Å². The average Bonchev–Trinajstić information content (AvgIpc) is 3.17. The number of alkyl halides is 3. The van der Waals surface area contributed by atoms with Gasteiger partial charge in [-0.05, 0) is 18.4 Å². The zero-order valence-electron chi connectivity index (χ0n) is 12.7. The third kappa shape index (κ3) is 5.41. The van der Waals surface area contributed by atoms with Gasteiger partial charge in [-0.25, -0.2) is 4.79 Å². The molecule has 24 heavy (non-hydrogen) atoms. The second-order valence-corrected chi connectivity index (χ2v) is 6.50. The molecule has 2 aromatic heterocycles. The van der Waals surface area contributed by atoms with E-state index in [-0.39, 0.29) is 6.54 Å². The summed E-state index contributed by atoms with van der Waals surface area (Å²) in [5.74, 6) is 1.21. The highest BCUT2D eigenvalue weighted by Gasteiger charge is 2.29. The third-order valence-corrected chi connectivity index (χ3v) is 4.58. The summed E-state index contributed by atoms with van der Waals surface area (Å²) in [6.07, 6.45) is -5.62. The number of carbonyl (C=O) groups is 1. The van der Waals surface area contributed by atoms with Gasteiger partial charge < -0.3 is 14.6 Å². The van der Waals surface area contributed by atoms with Gasteiger partial charge in [-0.2, -0.15) is 13.2 Å². The maximum atomic E-state index is 11.9. The number of nitrogens with one attached hydrogen (secondary N) is 1. The zero-order valence-corrected chi connectivity index (χ0v) is 14.3. The topological polar surface area (TPSA) is 69.0 Å². The van der Waals surface area contributed by atoms with Crippen LogP contribution in [0.5, 0.6) is 0 Å². The maximum absolute atomic E-state index is 11.9. The van der Waals surface area contributed by atoms with Gasteiger partial charge in [0.1, 0.15) is 0 Å². The molecule has 132 valence electrons. The number of hydrogen-bond acceptors (Lipinski definition) is 6. The van der Waals surface area contributed by atoms with Crippen molar-refractivity contribution < 1.29 is 22.7 Å². The summed E-state index contributed by atoms with van der Waals surface area (Å²) in [4.78, 5) is 12.1. The van der Waals surface area contributed by atoms with Crippen LogP contribution in [0.25, 0.3) is 10.7 Å². The van der Waals surface area contributed by atoms with E-state index in [2.05, 4.69) is 20.3 Å². The zero-order chi connectivity index (χ0) is 17.6. The minimum absolute atomic E-state index is 0.159. The van der Waals surface area contributed by atoms with Crippen LogP contribution in [-0.4, -0.2) is 45.9 Å². The molecular weight excluding hydrogens is 365 g/mol. The molecule has 1 N–H and O–H groups in total. The molecule has 0 aliphatic rings. The summed E-state index contributed by atoms with van der Waals surface area (Å²) in [5.41, 5.74) is 0. The number of aromatic nitrogens is 3. The molecule has 0 spiro atoms. The first kappa shape index (κ1) is 18.6. The smallest absolute Gasteiger partial charge is 0.422 e. The van der Waals surface area contributed by atoms with Crippen molar-refractivity contribution in [2.24, 2.45) is 0 Å². The van der Waals surface area contributed by atoms with Crippen molar-refractivity contribution >= 4 is 29.2 Å². The fraction of sp³-hybridized carbons (Fsp3) is 0.462. The predicted octanol–water partition coefficient (Wildman–Crippen LogP) is 3.41. The molecule has 0 bridgehead atoms. The van der Waals surface area contributed by atoms with Gasteiger partial charge in [-0.15, -0.1) is 21.5 Å². The Morgan fingerprint density at radius 2 is 2.25 bits per heavy atom. The quantitative estimate of drug-likeness (QED) is 0.589. The van der Waals surface area contributed by atoms with Gasteiger partial charge in [0.15, 0.2) is 17.6 Å². The Morgan fingerprint density at radius 1 is 1.46 bits per heavy atom. The summed E-state index contributed by atoms with van der Waals surface area (Å²) in [5, 5.41) is 13.2. The van der Waals surface area contributed by atoms with Crippen molar-refractivity contribution in [3.63, 3.8) is 0 Å². The number of alkyl carbamates (subject to hydrolysis) is 1. The molecule has 0 unspecified atom stereocenters. The highest BCUT2D eigenvalue weighted by atomic mass is 32.2. The number of ether oxygens (including phenoxy) is 1. The molecule has 0 aliphatic carbocycles. The Kier molecular flexibility index (Phi) is 6.49. The standard InChI is InChI=1S/C13H15F3N4O2S2/c1-2-20-10(9-4-3-6-23-9)18-19-11(20)24-7-5-17-12(21)22-8-13(14,15)16/h3-4,6H,2,5,7-8H2,1H3,(H,17,21). The molecule has 2 rings (SSSR count). The van der Waals surface area contributed by atoms with Crippen molar-refractivity contribution in [2.45, 2.75) is 24.8 Å². The lowest BCUT2D eigenvalue weighted by Gasteiger charge is -2.09. The number of rotatable bonds is 7. The Hall–Kier alpha value is -1.75. The van der Waals surface area contributed by atoms with Crippen LogP contribution in [0.3, 0.4) is 0 Å². The van der Waals surface area contributed by atoms with E-state index in [0.29, 0.717) is 17.5 Å². The van der Waals surface area contributed by atoms with Crippen LogP contribution < -0.4 is 5.32 Å². The van der Waals surface area contributed by atoms with Gasteiger partial charge in [0.25, 0.3) is 0 Å². The molecule has 0 aromatic carbocycles. The van der Waals surface area contributed by atoms with Gasteiger partial charge in [-0.1, -0.05) is 17.8 Å². The normalized spacial score (nSPS) is 11.5. The fourth-order valence-corrected chi connectivity index (χ4v) is 3.34. The Bertz CT molecular complexity index is 659.